The van der Waals surface area contributed by atoms with Gasteiger partial charge < -0.3 is 14.8 Å². The van der Waals surface area contributed by atoms with Crippen LogP contribution in [0.2, 0.25) is 0 Å². The van der Waals surface area contributed by atoms with E-state index in [0.29, 0.717) is 10.8 Å². The number of hydrogen-bond donors (Lipinski definition) is 1. The molecule has 2 aliphatic heterocycles. The molecule has 1 N–H and O–H groups in total. The van der Waals surface area contributed by atoms with Crippen LogP contribution in [0.15, 0.2) is 34.6 Å². The molecule has 2 amide bonds. The SMILES string of the molecule is C[C@@H]1CCCCN1C(=O)Cn1cc(/C=C2\NC(=S)N(C)C2=O)c2cc(Br)ccc21. The van der Waals surface area contributed by atoms with Crippen molar-refractivity contribution in [1.82, 2.24) is 19.7 Å². The average Bonchev–Trinajstić information content (AvgIpc) is 3.14. The molecule has 0 unspecified atom stereocenters. The molecule has 0 bridgehead atoms. The molecule has 0 spiro atoms. The molecule has 4 rings (SSSR count). The van der Waals surface area contributed by atoms with E-state index in [-0.39, 0.29) is 24.4 Å². The minimum absolute atomic E-state index is 0.132. The zero-order valence-corrected chi connectivity index (χ0v) is 18.8. The van der Waals surface area contributed by atoms with Crippen LogP contribution in [0.5, 0.6) is 0 Å². The maximum absolute atomic E-state index is 13.0. The third-order valence-corrected chi connectivity index (χ3v) is 6.55. The maximum Gasteiger partial charge on any atom is 0.276 e. The number of halogens is 1. The first-order chi connectivity index (χ1) is 13.8. The lowest BCUT2D eigenvalue weighted by Gasteiger charge is -2.33. The highest BCUT2D eigenvalue weighted by Crippen LogP contribution is 2.28. The van der Waals surface area contributed by atoms with Crippen molar-refractivity contribution in [2.45, 2.75) is 38.8 Å². The summed E-state index contributed by atoms with van der Waals surface area (Å²) in [6.07, 6.45) is 7.04. The molecule has 0 radical (unpaired) electrons. The van der Waals surface area contributed by atoms with Crippen molar-refractivity contribution in [2.24, 2.45) is 0 Å². The number of fused-ring (bicyclic) bond motifs is 1. The second-order valence-electron chi connectivity index (χ2n) is 7.66. The van der Waals surface area contributed by atoms with Gasteiger partial charge in [-0.1, -0.05) is 15.9 Å². The van der Waals surface area contributed by atoms with Gasteiger partial charge in [0.25, 0.3) is 5.91 Å². The van der Waals surface area contributed by atoms with Crippen molar-refractivity contribution in [3.8, 4) is 0 Å². The normalized spacial score (nSPS) is 21.3. The zero-order valence-electron chi connectivity index (χ0n) is 16.4. The predicted molar refractivity (Wildman–Crippen MR) is 121 cm³/mol. The molecular weight excluding hydrogens is 452 g/mol. The summed E-state index contributed by atoms with van der Waals surface area (Å²) in [4.78, 5) is 28.8. The largest absolute Gasteiger partial charge is 0.338 e. The van der Waals surface area contributed by atoms with Gasteiger partial charge in [-0.3, -0.25) is 14.5 Å². The van der Waals surface area contributed by atoms with Gasteiger partial charge >= 0.3 is 0 Å². The van der Waals surface area contributed by atoms with Crippen molar-refractivity contribution in [2.75, 3.05) is 13.6 Å². The number of aromatic nitrogens is 1. The average molecular weight is 475 g/mol. The number of nitrogens with zero attached hydrogens (tertiary/aromatic N) is 3. The molecular formula is C21H23BrN4O2S. The summed E-state index contributed by atoms with van der Waals surface area (Å²) in [5.41, 5.74) is 2.27. The lowest BCUT2D eigenvalue weighted by molar-refractivity contribution is -0.135. The smallest absolute Gasteiger partial charge is 0.276 e. The summed E-state index contributed by atoms with van der Waals surface area (Å²) in [7, 11) is 1.65. The summed E-state index contributed by atoms with van der Waals surface area (Å²) in [6, 6.07) is 6.25. The van der Waals surface area contributed by atoms with Crippen molar-refractivity contribution in [3.63, 3.8) is 0 Å². The number of carbonyl (C=O) groups is 2. The van der Waals surface area contributed by atoms with Crippen LogP contribution in [-0.2, 0) is 16.1 Å². The lowest BCUT2D eigenvalue weighted by atomic mass is 10.0. The van der Waals surface area contributed by atoms with E-state index >= 15 is 0 Å². The van der Waals surface area contributed by atoms with Gasteiger partial charge in [0, 0.05) is 46.8 Å². The van der Waals surface area contributed by atoms with E-state index in [2.05, 4.69) is 28.2 Å². The summed E-state index contributed by atoms with van der Waals surface area (Å²) in [6.45, 7) is 3.23. The van der Waals surface area contributed by atoms with E-state index in [9.17, 15) is 9.59 Å². The van der Waals surface area contributed by atoms with Gasteiger partial charge in [0.1, 0.15) is 12.2 Å². The van der Waals surface area contributed by atoms with Gasteiger partial charge in [-0.15, -0.1) is 0 Å². The monoisotopic (exact) mass is 474 g/mol. The number of hydrogen-bond acceptors (Lipinski definition) is 3. The van der Waals surface area contributed by atoms with Gasteiger partial charge in [-0.2, -0.15) is 0 Å². The van der Waals surface area contributed by atoms with Gasteiger partial charge in [0.15, 0.2) is 5.11 Å². The van der Waals surface area contributed by atoms with E-state index in [1.165, 1.54) is 11.3 Å². The third kappa shape index (κ3) is 3.83. The molecule has 8 heteroatoms. The fraction of sp³-hybridized carbons (Fsp3) is 0.381. The van der Waals surface area contributed by atoms with Crippen LogP contribution >= 0.6 is 28.1 Å². The Balaban J connectivity index is 1.70. The summed E-state index contributed by atoms with van der Waals surface area (Å²) in [5, 5.41) is 4.32. The van der Waals surface area contributed by atoms with Crippen LogP contribution in [0, 0.1) is 0 Å². The molecule has 2 fully saturated rings. The lowest BCUT2D eigenvalue weighted by Crippen LogP contribution is -2.43. The van der Waals surface area contributed by atoms with E-state index in [1.54, 1.807) is 13.1 Å². The van der Waals surface area contributed by atoms with Gasteiger partial charge in [-0.05, 0) is 62.7 Å². The Bertz CT molecular complexity index is 1040. The Morgan fingerprint density at radius 1 is 1.38 bits per heavy atom. The van der Waals surface area contributed by atoms with Crippen molar-refractivity contribution < 1.29 is 9.59 Å². The molecule has 1 atom stereocenters. The number of amides is 2. The fourth-order valence-electron chi connectivity index (χ4n) is 4.03. The number of piperidine rings is 1. The Hall–Kier alpha value is -2.19. The number of benzene rings is 1. The number of carbonyl (C=O) groups excluding carboxylic acids is 2. The molecule has 0 saturated carbocycles. The van der Waals surface area contributed by atoms with Crippen LogP contribution in [0.1, 0.15) is 31.7 Å². The number of likely N-dealkylation sites (N-methyl/N-ethyl adjacent to an activating group) is 1. The number of rotatable bonds is 3. The number of likely N-dealkylation sites (tertiary alicyclic amines) is 1. The Kier molecular flexibility index (Phi) is 5.48. The molecule has 2 aromatic rings. The highest BCUT2D eigenvalue weighted by atomic mass is 79.9. The van der Waals surface area contributed by atoms with Gasteiger partial charge in [0.05, 0.1) is 0 Å². The summed E-state index contributed by atoms with van der Waals surface area (Å²) < 4.78 is 2.91. The Morgan fingerprint density at radius 2 is 2.17 bits per heavy atom. The highest BCUT2D eigenvalue weighted by Gasteiger charge is 2.28. The molecule has 1 aromatic carbocycles. The van der Waals surface area contributed by atoms with Crippen LogP contribution in [-0.4, -0.2) is 50.9 Å². The molecule has 1 aromatic heterocycles. The highest BCUT2D eigenvalue weighted by molar-refractivity contribution is 9.10. The van der Waals surface area contributed by atoms with Crippen LogP contribution in [0.3, 0.4) is 0 Å². The molecule has 29 heavy (non-hydrogen) atoms. The fourth-order valence-corrected chi connectivity index (χ4v) is 4.58. The van der Waals surface area contributed by atoms with E-state index in [1.807, 2.05) is 33.9 Å². The summed E-state index contributed by atoms with van der Waals surface area (Å²) in [5.74, 6) is -0.0312. The van der Waals surface area contributed by atoms with Gasteiger partial charge in [-0.25, -0.2) is 0 Å². The van der Waals surface area contributed by atoms with E-state index < -0.39 is 0 Å². The minimum Gasteiger partial charge on any atom is -0.338 e. The topological polar surface area (TPSA) is 57.6 Å². The Morgan fingerprint density at radius 3 is 2.86 bits per heavy atom. The van der Waals surface area contributed by atoms with Crippen LogP contribution in [0.4, 0.5) is 0 Å². The molecule has 152 valence electrons. The van der Waals surface area contributed by atoms with Crippen molar-refractivity contribution in [3.05, 3.63) is 40.1 Å². The molecule has 6 nitrogen and oxygen atoms in total. The van der Waals surface area contributed by atoms with E-state index in [0.717, 1.165) is 40.3 Å². The van der Waals surface area contributed by atoms with Crippen molar-refractivity contribution in [1.29, 1.82) is 0 Å². The molecule has 3 heterocycles. The summed E-state index contributed by atoms with van der Waals surface area (Å²) >= 11 is 8.69. The standard InChI is InChI=1S/C21H23BrN4O2S/c1-13-5-3-4-8-26(13)19(27)12-25-11-14(16-10-15(22)6-7-18(16)25)9-17-20(28)24(2)21(29)23-17/h6-7,9-11,13H,3-5,8,12H2,1-2H3,(H,23,29)/b17-9-/t13-/m1/s1. The number of thiocarbonyl (C=S) groups is 1. The third-order valence-electron chi connectivity index (χ3n) is 5.68. The molecule has 2 saturated heterocycles. The Labute approximate surface area is 183 Å². The first-order valence-corrected chi connectivity index (χ1v) is 10.9. The predicted octanol–water partition coefficient (Wildman–Crippen LogP) is 3.49. The van der Waals surface area contributed by atoms with Crippen molar-refractivity contribution >= 4 is 62.1 Å². The second-order valence-corrected chi connectivity index (χ2v) is 8.96. The maximum atomic E-state index is 13.0. The van der Waals surface area contributed by atoms with E-state index in [4.69, 9.17) is 12.2 Å². The first-order valence-electron chi connectivity index (χ1n) is 9.74. The first kappa shape index (κ1) is 20.1. The minimum atomic E-state index is -0.163. The number of nitrogens with one attached hydrogen (secondary N) is 1. The van der Waals surface area contributed by atoms with Crippen LogP contribution in [0.25, 0.3) is 17.0 Å². The quantitative estimate of drug-likeness (QED) is 0.546. The van der Waals surface area contributed by atoms with Crippen LogP contribution < -0.4 is 5.32 Å². The zero-order chi connectivity index (χ0) is 20.7. The van der Waals surface area contributed by atoms with Gasteiger partial charge in [0.2, 0.25) is 5.91 Å². The molecule has 2 aliphatic rings. The second kappa shape index (κ2) is 7.91. The molecule has 0 aliphatic carbocycles.